The number of aromatic nitrogens is 1. The van der Waals surface area contributed by atoms with E-state index >= 15 is 0 Å². The van der Waals surface area contributed by atoms with Crippen molar-refractivity contribution in [1.29, 1.82) is 0 Å². The summed E-state index contributed by atoms with van der Waals surface area (Å²) in [4.78, 5) is 15.0. The molecule has 120 valence electrons. The Hall–Kier alpha value is -2.03. The average molecular weight is 308 g/mol. The molecule has 2 N–H and O–H groups in total. The molecule has 1 aromatic heterocycles. The molecule has 2 fully saturated rings. The first kappa shape index (κ1) is 14.6. The molecule has 23 heavy (non-hydrogen) atoms. The molecule has 0 unspecified atom stereocenters. The van der Waals surface area contributed by atoms with Crippen LogP contribution in [-0.4, -0.2) is 11.0 Å². The van der Waals surface area contributed by atoms with Crippen molar-refractivity contribution in [2.24, 2.45) is 0 Å². The molecule has 3 heteroatoms. The maximum absolute atomic E-state index is 12.1. The van der Waals surface area contributed by atoms with Crippen LogP contribution in [0.25, 0.3) is 0 Å². The molecule has 1 heterocycles. The molecule has 0 radical (unpaired) electrons. The van der Waals surface area contributed by atoms with Gasteiger partial charge in [0.15, 0.2) is 0 Å². The molecular formula is C20H24N2O. The molecule has 2 aromatic rings. The number of hydrogen-bond donors (Lipinski definition) is 2. The van der Waals surface area contributed by atoms with Gasteiger partial charge in [0.2, 0.25) is 0 Å². The fraction of sp³-hybridized carbons (Fsp3) is 0.450. The Kier molecular flexibility index (Phi) is 3.94. The van der Waals surface area contributed by atoms with E-state index in [-0.39, 0.29) is 5.56 Å². The van der Waals surface area contributed by atoms with Crippen molar-refractivity contribution in [3.63, 3.8) is 0 Å². The van der Waals surface area contributed by atoms with Crippen LogP contribution in [0.1, 0.15) is 61.5 Å². The Morgan fingerprint density at radius 2 is 1.52 bits per heavy atom. The third kappa shape index (κ3) is 3.34. The molecule has 2 aliphatic rings. The molecule has 0 spiro atoms. The second kappa shape index (κ2) is 6.23. The lowest BCUT2D eigenvalue weighted by Crippen LogP contribution is -2.28. The molecule has 0 aliphatic heterocycles. The second-order valence-corrected chi connectivity index (χ2v) is 7.05. The number of hydrogen-bond acceptors (Lipinski definition) is 2. The second-order valence-electron chi connectivity index (χ2n) is 7.05. The monoisotopic (exact) mass is 308 g/mol. The van der Waals surface area contributed by atoms with Crippen LogP contribution in [0.15, 0.2) is 47.4 Å². The summed E-state index contributed by atoms with van der Waals surface area (Å²) >= 11 is 0. The van der Waals surface area contributed by atoms with Crippen molar-refractivity contribution in [3.8, 4) is 0 Å². The topological polar surface area (TPSA) is 44.9 Å². The molecule has 0 atom stereocenters. The minimum Gasteiger partial charge on any atom is -0.378 e. The third-order valence-corrected chi connectivity index (χ3v) is 5.33. The van der Waals surface area contributed by atoms with E-state index in [1.165, 1.54) is 36.8 Å². The maximum Gasteiger partial charge on any atom is 0.271 e. The van der Waals surface area contributed by atoms with Crippen LogP contribution in [0.3, 0.4) is 0 Å². The lowest BCUT2D eigenvalue weighted by molar-refractivity contribution is 0.412. The Labute approximate surface area is 137 Å². The molecule has 0 saturated heterocycles. The van der Waals surface area contributed by atoms with Gasteiger partial charge in [-0.1, -0.05) is 30.3 Å². The zero-order valence-electron chi connectivity index (χ0n) is 13.4. The smallest absolute Gasteiger partial charge is 0.271 e. The Balaban J connectivity index is 1.40. The number of benzene rings is 1. The lowest BCUT2D eigenvalue weighted by atomic mass is 9.82. The molecule has 2 saturated carbocycles. The van der Waals surface area contributed by atoms with E-state index in [9.17, 15) is 4.79 Å². The molecular weight excluding hydrogens is 284 g/mol. The van der Waals surface area contributed by atoms with Gasteiger partial charge >= 0.3 is 0 Å². The number of nitrogens with one attached hydrogen (secondary N) is 2. The van der Waals surface area contributed by atoms with Gasteiger partial charge < -0.3 is 10.3 Å². The van der Waals surface area contributed by atoms with Gasteiger partial charge in [0.1, 0.15) is 5.69 Å². The molecule has 1 aromatic carbocycles. The standard InChI is InChI=1S/C20H24N2O/c23-20-19(12-17(13-21-20)16-6-7-16)22-18-10-8-15(9-11-18)14-4-2-1-3-5-14/h1-5,12-13,15-16,18,22H,6-11H2,(H,21,23)/t15-,18+. The van der Waals surface area contributed by atoms with E-state index in [1.807, 2.05) is 6.20 Å². The highest BCUT2D eigenvalue weighted by Crippen LogP contribution is 2.40. The normalized spacial score (nSPS) is 24.3. The quantitative estimate of drug-likeness (QED) is 0.880. The van der Waals surface area contributed by atoms with Gasteiger partial charge in [-0.3, -0.25) is 4.79 Å². The van der Waals surface area contributed by atoms with Crippen LogP contribution in [0, 0.1) is 0 Å². The Morgan fingerprint density at radius 1 is 0.870 bits per heavy atom. The van der Waals surface area contributed by atoms with Crippen LogP contribution < -0.4 is 10.9 Å². The predicted molar refractivity (Wildman–Crippen MR) is 94.1 cm³/mol. The number of aromatic amines is 1. The molecule has 0 amide bonds. The number of pyridine rings is 1. The highest BCUT2D eigenvalue weighted by Gasteiger charge is 2.26. The van der Waals surface area contributed by atoms with E-state index in [0.717, 1.165) is 18.5 Å². The average Bonchev–Trinajstić information content (AvgIpc) is 3.43. The fourth-order valence-corrected chi connectivity index (χ4v) is 3.78. The Bertz CT molecular complexity index is 710. The van der Waals surface area contributed by atoms with Crippen molar-refractivity contribution < 1.29 is 0 Å². The van der Waals surface area contributed by atoms with Crippen LogP contribution >= 0.6 is 0 Å². The Morgan fingerprint density at radius 3 is 2.22 bits per heavy atom. The molecule has 2 aliphatic carbocycles. The third-order valence-electron chi connectivity index (χ3n) is 5.33. The van der Waals surface area contributed by atoms with Gasteiger partial charge in [-0.2, -0.15) is 0 Å². The SMILES string of the molecule is O=c1[nH]cc(C2CC2)cc1N[C@H]1CC[C@@H](c2ccccc2)CC1. The predicted octanol–water partition coefficient (Wildman–Crippen LogP) is 4.39. The molecule has 4 rings (SSSR count). The summed E-state index contributed by atoms with van der Waals surface area (Å²) in [6, 6.07) is 13.3. The summed E-state index contributed by atoms with van der Waals surface area (Å²) in [6.07, 6.45) is 9.06. The van der Waals surface area contributed by atoms with Gasteiger partial charge in [0.05, 0.1) is 0 Å². The van der Waals surface area contributed by atoms with Crippen molar-refractivity contribution in [3.05, 3.63) is 64.1 Å². The highest BCUT2D eigenvalue weighted by molar-refractivity contribution is 5.45. The van der Waals surface area contributed by atoms with E-state index < -0.39 is 0 Å². The first-order valence-corrected chi connectivity index (χ1v) is 8.84. The summed E-state index contributed by atoms with van der Waals surface area (Å²) in [5.41, 5.74) is 3.52. The summed E-state index contributed by atoms with van der Waals surface area (Å²) in [7, 11) is 0. The maximum atomic E-state index is 12.1. The van der Waals surface area contributed by atoms with Crippen molar-refractivity contribution in [2.45, 2.75) is 56.4 Å². The number of H-pyrrole nitrogens is 1. The van der Waals surface area contributed by atoms with E-state index in [0.29, 0.717) is 17.9 Å². The first-order chi connectivity index (χ1) is 11.3. The number of rotatable bonds is 4. The van der Waals surface area contributed by atoms with Crippen molar-refractivity contribution in [1.82, 2.24) is 4.98 Å². The zero-order valence-corrected chi connectivity index (χ0v) is 13.4. The summed E-state index contributed by atoms with van der Waals surface area (Å²) in [5.74, 6) is 1.34. The van der Waals surface area contributed by atoms with Crippen LogP contribution in [0.5, 0.6) is 0 Å². The first-order valence-electron chi connectivity index (χ1n) is 8.84. The lowest BCUT2D eigenvalue weighted by Gasteiger charge is -2.30. The number of anilines is 1. The van der Waals surface area contributed by atoms with E-state index in [4.69, 9.17) is 0 Å². The van der Waals surface area contributed by atoms with Crippen LogP contribution in [0.4, 0.5) is 5.69 Å². The van der Waals surface area contributed by atoms with Gasteiger partial charge in [-0.15, -0.1) is 0 Å². The van der Waals surface area contributed by atoms with Crippen LogP contribution in [0.2, 0.25) is 0 Å². The highest BCUT2D eigenvalue weighted by atomic mass is 16.1. The van der Waals surface area contributed by atoms with E-state index in [1.54, 1.807) is 0 Å². The van der Waals surface area contributed by atoms with Crippen molar-refractivity contribution >= 4 is 5.69 Å². The molecule has 3 nitrogen and oxygen atoms in total. The minimum absolute atomic E-state index is 0.0135. The van der Waals surface area contributed by atoms with Gasteiger partial charge in [0.25, 0.3) is 5.56 Å². The summed E-state index contributed by atoms with van der Waals surface area (Å²) in [5, 5.41) is 3.50. The minimum atomic E-state index is 0.0135. The van der Waals surface area contributed by atoms with Gasteiger partial charge in [0, 0.05) is 12.2 Å². The van der Waals surface area contributed by atoms with Crippen LogP contribution in [-0.2, 0) is 0 Å². The van der Waals surface area contributed by atoms with Gasteiger partial charge in [-0.25, -0.2) is 0 Å². The van der Waals surface area contributed by atoms with Crippen molar-refractivity contribution in [2.75, 3.05) is 5.32 Å². The summed E-state index contributed by atoms with van der Waals surface area (Å²) in [6.45, 7) is 0. The van der Waals surface area contributed by atoms with Gasteiger partial charge in [-0.05, 0) is 67.6 Å². The molecule has 0 bridgehead atoms. The largest absolute Gasteiger partial charge is 0.378 e. The fourth-order valence-electron chi connectivity index (χ4n) is 3.78. The zero-order chi connectivity index (χ0) is 15.6. The summed E-state index contributed by atoms with van der Waals surface area (Å²) < 4.78 is 0. The van der Waals surface area contributed by atoms with E-state index in [2.05, 4.69) is 46.7 Å².